The molecule has 0 aliphatic carbocycles. The quantitative estimate of drug-likeness (QED) is 0.290. The van der Waals surface area contributed by atoms with E-state index in [-0.39, 0.29) is 38.6 Å². The van der Waals surface area contributed by atoms with Crippen molar-refractivity contribution >= 4 is 20.2 Å². The fourth-order valence-electron chi connectivity index (χ4n) is 0. The van der Waals surface area contributed by atoms with Crippen LogP contribution in [0.3, 0.4) is 0 Å². The summed E-state index contributed by atoms with van der Waals surface area (Å²) in [6, 6.07) is 0. The summed E-state index contributed by atoms with van der Waals surface area (Å²) in [4.78, 5) is 0. The van der Waals surface area contributed by atoms with Crippen molar-refractivity contribution in [1.82, 2.24) is 0 Å². The van der Waals surface area contributed by atoms with Gasteiger partial charge in [0.05, 0.1) is 0 Å². The largest absolute Gasteiger partial charge is 2.00 e. The monoisotopic (exact) mass is 457 g/mol. The van der Waals surface area contributed by atoms with E-state index >= 15 is 0 Å². The maximum atomic E-state index is 10.7. The molecule has 0 heterocycles. The van der Waals surface area contributed by atoms with Crippen LogP contribution in [0.4, 0.5) is 26.3 Å². The molecule has 0 fully saturated rings. The predicted octanol–water partition coefficient (Wildman–Crippen LogP) is 0.103. The van der Waals surface area contributed by atoms with Gasteiger partial charge in [-0.05, 0) is 0 Å². The zero-order valence-electron chi connectivity index (χ0n) is 6.87. The molecule has 0 aromatic rings. The molecule has 17 heavy (non-hydrogen) atoms. The minimum Gasteiger partial charge on any atom is -0.741 e. The third-order valence-corrected chi connectivity index (χ3v) is 1.70. The van der Waals surface area contributed by atoms with Crippen LogP contribution in [0.15, 0.2) is 0 Å². The summed E-state index contributed by atoms with van der Waals surface area (Å²) in [6.07, 6.45) is 0. The smallest absolute Gasteiger partial charge is 0.741 e. The van der Waals surface area contributed by atoms with Gasteiger partial charge in [0.25, 0.3) is 0 Å². The van der Waals surface area contributed by atoms with Gasteiger partial charge in [-0.1, -0.05) is 0 Å². The average Bonchev–Trinajstić information content (AvgIpc) is 1.77. The molecule has 0 amide bonds. The van der Waals surface area contributed by atoms with E-state index in [4.69, 9.17) is 25.9 Å². The molecule has 15 heteroatoms. The second kappa shape index (κ2) is 6.74. The molecule has 6 nitrogen and oxygen atoms in total. The first kappa shape index (κ1) is 22.8. The van der Waals surface area contributed by atoms with E-state index in [0.717, 1.165) is 0 Å². The molecular formula is C2F6O6S2Tb. The van der Waals surface area contributed by atoms with E-state index in [9.17, 15) is 26.3 Å². The minimum atomic E-state index is -6.09. The molecule has 0 unspecified atom stereocenters. The number of hydrogen-bond donors (Lipinski definition) is 0. The van der Waals surface area contributed by atoms with Crippen molar-refractivity contribution in [3.8, 4) is 0 Å². The molecule has 0 aliphatic rings. The topological polar surface area (TPSA) is 114 Å². The van der Waals surface area contributed by atoms with Crippen LogP contribution in [0.5, 0.6) is 0 Å². The Morgan fingerprint density at radius 1 is 0.647 bits per heavy atom. The van der Waals surface area contributed by atoms with Crippen LogP contribution in [0.2, 0.25) is 0 Å². The van der Waals surface area contributed by atoms with Gasteiger partial charge in [-0.2, -0.15) is 26.3 Å². The van der Waals surface area contributed by atoms with Gasteiger partial charge in [-0.25, -0.2) is 16.8 Å². The molecular weight excluding hydrogens is 457 g/mol. The number of hydrogen-bond acceptors (Lipinski definition) is 6. The first-order chi connectivity index (χ1) is 6.50. The van der Waals surface area contributed by atoms with E-state index in [0.29, 0.717) is 0 Å². The second-order valence-electron chi connectivity index (χ2n) is 1.80. The summed E-state index contributed by atoms with van der Waals surface area (Å²) in [5.74, 6) is 0. The van der Waals surface area contributed by atoms with Gasteiger partial charge < -0.3 is 9.11 Å². The maximum Gasteiger partial charge on any atom is 2.00 e. The van der Waals surface area contributed by atoms with Gasteiger partial charge in [-0.3, -0.25) is 0 Å². The summed E-state index contributed by atoms with van der Waals surface area (Å²) in [6.45, 7) is 0. The molecule has 0 N–H and O–H groups in total. The van der Waals surface area contributed by atoms with E-state index < -0.39 is 31.3 Å². The summed E-state index contributed by atoms with van der Waals surface area (Å²) >= 11 is 0. The maximum absolute atomic E-state index is 10.7. The Labute approximate surface area is 121 Å². The first-order valence-electron chi connectivity index (χ1n) is 2.54. The molecule has 107 valence electrons. The first-order valence-corrected chi connectivity index (χ1v) is 5.36. The van der Waals surface area contributed by atoms with Gasteiger partial charge >= 0.3 is 49.6 Å². The molecule has 0 bridgehead atoms. The zero-order valence-corrected chi connectivity index (χ0v) is 10.6. The normalized spacial score (nSPS) is 13.2. The van der Waals surface area contributed by atoms with Crippen LogP contribution in [0.25, 0.3) is 0 Å². The van der Waals surface area contributed by atoms with Crippen molar-refractivity contribution < 1.29 is 90.9 Å². The molecule has 0 atom stereocenters. The third kappa shape index (κ3) is 10.3. The molecule has 0 aromatic heterocycles. The van der Waals surface area contributed by atoms with Crippen LogP contribution in [0.1, 0.15) is 0 Å². The van der Waals surface area contributed by atoms with Crippen molar-refractivity contribution in [3.05, 3.63) is 0 Å². The second-order valence-corrected chi connectivity index (χ2v) is 4.54. The van der Waals surface area contributed by atoms with Gasteiger partial charge in [0, 0.05) is 0 Å². The Hall–Kier alpha value is 0.686. The summed E-state index contributed by atoms with van der Waals surface area (Å²) in [5, 5.41) is 0. The zero-order chi connectivity index (χ0) is 14.0. The molecule has 0 saturated heterocycles. The molecule has 1 radical (unpaired) electrons. The number of halogens is 6. The van der Waals surface area contributed by atoms with Crippen molar-refractivity contribution in [1.29, 1.82) is 0 Å². The van der Waals surface area contributed by atoms with E-state index in [2.05, 4.69) is 0 Å². The Morgan fingerprint density at radius 2 is 0.706 bits per heavy atom. The molecule has 0 spiro atoms. The molecule has 0 rings (SSSR count). The van der Waals surface area contributed by atoms with Crippen LogP contribution in [0, 0.1) is 38.6 Å². The Morgan fingerprint density at radius 3 is 0.706 bits per heavy atom. The van der Waals surface area contributed by atoms with Crippen molar-refractivity contribution in [2.45, 2.75) is 11.0 Å². The van der Waals surface area contributed by atoms with Gasteiger partial charge in [0.1, 0.15) is 0 Å². The molecule has 0 aliphatic heterocycles. The van der Waals surface area contributed by atoms with Crippen LogP contribution >= 0.6 is 0 Å². The van der Waals surface area contributed by atoms with Gasteiger partial charge in [0.2, 0.25) is 0 Å². The number of rotatable bonds is 0. The Balaban J connectivity index is -0.000000218. The molecule has 0 saturated carbocycles. The fourth-order valence-corrected chi connectivity index (χ4v) is 0. The van der Waals surface area contributed by atoms with Gasteiger partial charge in [0.15, 0.2) is 20.2 Å². The van der Waals surface area contributed by atoms with E-state index in [1.807, 2.05) is 0 Å². The third-order valence-electron chi connectivity index (χ3n) is 0.567. The van der Waals surface area contributed by atoms with Crippen LogP contribution < -0.4 is 0 Å². The van der Waals surface area contributed by atoms with Gasteiger partial charge in [-0.15, -0.1) is 0 Å². The SMILES string of the molecule is O=S(=O)([O-])C(F)(F)F.O=S(=O)([O-])C(F)(F)F.[Tb+2]. The van der Waals surface area contributed by atoms with Crippen LogP contribution in [-0.2, 0) is 20.2 Å². The Kier molecular flexibility index (Phi) is 9.05. The van der Waals surface area contributed by atoms with E-state index in [1.54, 1.807) is 0 Å². The number of alkyl halides is 6. The van der Waals surface area contributed by atoms with E-state index in [1.165, 1.54) is 0 Å². The van der Waals surface area contributed by atoms with Crippen LogP contribution in [-0.4, -0.2) is 37.0 Å². The summed E-state index contributed by atoms with van der Waals surface area (Å²) in [5.41, 5.74) is -11.3. The standard InChI is InChI=1S/2CHF3O3S.Tb/c2*2-1(3,4)8(5,6)7;/h2*(H,5,6,7);/q;;+2/p-2. The molecule has 0 aromatic carbocycles. The minimum absolute atomic E-state index is 0. The summed E-state index contributed by atoms with van der Waals surface area (Å²) < 4.78 is 118. The van der Waals surface area contributed by atoms with Crippen molar-refractivity contribution in [3.63, 3.8) is 0 Å². The predicted molar refractivity (Wildman–Crippen MR) is 31.5 cm³/mol. The van der Waals surface area contributed by atoms with Crippen molar-refractivity contribution in [2.24, 2.45) is 0 Å². The fraction of sp³-hybridized carbons (Fsp3) is 1.00. The Bertz CT molecular complexity index is 374. The van der Waals surface area contributed by atoms with Crippen molar-refractivity contribution in [2.75, 3.05) is 0 Å². The average molecular weight is 457 g/mol. The summed E-state index contributed by atoms with van der Waals surface area (Å²) in [7, 11) is -12.2.